The van der Waals surface area contributed by atoms with Crippen LogP contribution in [0.15, 0.2) is 12.1 Å². The van der Waals surface area contributed by atoms with Crippen molar-refractivity contribution in [3.05, 3.63) is 29.1 Å². The number of carbonyl (C=O) groups is 1. The number of aliphatic hydroxyl groups excluding tert-OH is 1. The Morgan fingerprint density at radius 1 is 1.42 bits per heavy atom. The summed E-state index contributed by atoms with van der Waals surface area (Å²) in [6, 6.07) is 2.54. The highest BCUT2D eigenvalue weighted by Gasteiger charge is 2.18. The number of halogens is 1. The molecule has 6 heteroatoms. The number of anilines is 1. The largest absolute Gasteiger partial charge is 0.444 e. The monoisotopic (exact) mass is 270 g/mol. The highest BCUT2D eigenvalue weighted by Crippen LogP contribution is 2.21. The maximum atomic E-state index is 13.6. The first-order chi connectivity index (χ1) is 8.76. The molecule has 106 valence electrons. The standard InChI is InChI=1S/C13H19FN2O3/c1-13(2,3)19-12(18)16-11-5-10(14)9(7-17)4-8(11)6-15/h4-5,17H,6-7,15H2,1-3H3,(H,16,18). The molecule has 1 aromatic carbocycles. The van der Waals surface area contributed by atoms with Gasteiger partial charge in [-0.25, -0.2) is 9.18 Å². The van der Waals surface area contributed by atoms with E-state index in [2.05, 4.69) is 5.32 Å². The molecule has 1 amide bonds. The van der Waals surface area contributed by atoms with E-state index in [4.69, 9.17) is 15.6 Å². The van der Waals surface area contributed by atoms with Gasteiger partial charge < -0.3 is 15.6 Å². The number of aliphatic hydroxyl groups is 1. The van der Waals surface area contributed by atoms with Gasteiger partial charge >= 0.3 is 6.09 Å². The molecule has 0 aliphatic carbocycles. The fourth-order valence-electron chi connectivity index (χ4n) is 1.49. The van der Waals surface area contributed by atoms with E-state index in [1.165, 1.54) is 6.07 Å². The molecule has 19 heavy (non-hydrogen) atoms. The summed E-state index contributed by atoms with van der Waals surface area (Å²) in [5, 5.41) is 11.4. The van der Waals surface area contributed by atoms with Crippen molar-refractivity contribution in [1.29, 1.82) is 0 Å². The average molecular weight is 270 g/mol. The van der Waals surface area contributed by atoms with Crippen molar-refractivity contribution in [2.45, 2.75) is 39.5 Å². The minimum absolute atomic E-state index is 0.110. The van der Waals surface area contributed by atoms with E-state index in [0.717, 1.165) is 6.07 Å². The quantitative estimate of drug-likeness (QED) is 0.785. The lowest BCUT2D eigenvalue weighted by Crippen LogP contribution is -2.27. The predicted molar refractivity (Wildman–Crippen MR) is 70.1 cm³/mol. The lowest BCUT2D eigenvalue weighted by atomic mass is 10.1. The molecule has 0 fully saturated rings. The number of nitrogens with one attached hydrogen (secondary N) is 1. The topological polar surface area (TPSA) is 84.6 Å². The van der Waals surface area contributed by atoms with Crippen molar-refractivity contribution in [2.24, 2.45) is 5.73 Å². The van der Waals surface area contributed by atoms with E-state index in [1.54, 1.807) is 20.8 Å². The molecule has 0 atom stereocenters. The normalized spacial score (nSPS) is 11.3. The van der Waals surface area contributed by atoms with Crippen molar-refractivity contribution in [1.82, 2.24) is 0 Å². The highest BCUT2D eigenvalue weighted by atomic mass is 19.1. The van der Waals surface area contributed by atoms with Crippen LogP contribution in [0, 0.1) is 5.82 Å². The summed E-state index contributed by atoms with van der Waals surface area (Å²) in [6.45, 7) is 4.87. The molecule has 0 saturated carbocycles. The molecule has 5 nitrogen and oxygen atoms in total. The number of amides is 1. The van der Waals surface area contributed by atoms with E-state index in [9.17, 15) is 9.18 Å². The van der Waals surface area contributed by atoms with Crippen LogP contribution in [-0.2, 0) is 17.9 Å². The van der Waals surface area contributed by atoms with Crippen LogP contribution in [0.3, 0.4) is 0 Å². The number of carbonyl (C=O) groups excluding carboxylic acids is 1. The minimum Gasteiger partial charge on any atom is -0.444 e. The molecule has 0 aliphatic rings. The molecular weight excluding hydrogens is 251 g/mol. The zero-order valence-electron chi connectivity index (χ0n) is 11.3. The van der Waals surface area contributed by atoms with Crippen LogP contribution < -0.4 is 11.1 Å². The lowest BCUT2D eigenvalue weighted by Gasteiger charge is -2.20. The number of ether oxygens (including phenoxy) is 1. The van der Waals surface area contributed by atoms with Gasteiger partial charge in [-0.15, -0.1) is 0 Å². The number of benzene rings is 1. The number of hydrogen-bond donors (Lipinski definition) is 3. The van der Waals surface area contributed by atoms with Gasteiger partial charge in [0.25, 0.3) is 0 Å². The molecule has 0 bridgehead atoms. The van der Waals surface area contributed by atoms with Crippen molar-refractivity contribution in [3.8, 4) is 0 Å². The van der Waals surface area contributed by atoms with Crippen LogP contribution in [0.1, 0.15) is 31.9 Å². The molecule has 0 spiro atoms. The second-order valence-corrected chi connectivity index (χ2v) is 5.09. The fraction of sp³-hybridized carbons (Fsp3) is 0.462. The van der Waals surface area contributed by atoms with E-state index in [0.29, 0.717) is 5.56 Å². The fourth-order valence-corrected chi connectivity index (χ4v) is 1.49. The Morgan fingerprint density at radius 3 is 2.53 bits per heavy atom. The molecular formula is C13H19FN2O3. The summed E-state index contributed by atoms with van der Waals surface area (Å²) in [5.74, 6) is -0.606. The summed E-state index contributed by atoms with van der Waals surface area (Å²) in [4.78, 5) is 11.6. The first-order valence-electron chi connectivity index (χ1n) is 5.89. The van der Waals surface area contributed by atoms with E-state index in [-0.39, 0.29) is 17.8 Å². The second-order valence-electron chi connectivity index (χ2n) is 5.09. The second kappa shape index (κ2) is 5.99. The van der Waals surface area contributed by atoms with Gasteiger partial charge in [0, 0.05) is 12.1 Å². The number of rotatable bonds is 3. The van der Waals surface area contributed by atoms with Gasteiger partial charge in [-0.1, -0.05) is 0 Å². The molecule has 0 unspecified atom stereocenters. The van der Waals surface area contributed by atoms with Gasteiger partial charge in [0.2, 0.25) is 0 Å². The summed E-state index contributed by atoms with van der Waals surface area (Å²) in [5.41, 5.74) is 5.79. The summed E-state index contributed by atoms with van der Waals surface area (Å²) < 4.78 is 18.6. The van der Waals surface area contributed by atoms with Crippen molar-refractivity contribution in [2.75, 3.05) is 5.32 Å². The van der Waals surface area contributed by atoms with Gasteiger partial charge in [0.1, 0.15) is 11.4 Å². The SMILES string of the molecule is CC(C)(C)OC(=O)Nc1cc(F)c(CO)cc1CN. The molecule has 0 radical (unpaired) electrons. The Balaban J connectivity index is 2.94. The third kappa shape index (κ3) is 4.50. The highest BCUT2D eigenvalue weighted by molar-refractivity contribution is 5.86. The maximum absolute atomic E-state index is 13.6. The first kappa shape index (κ1) is 15.4. The molecule has 0 aromatic heterocycles. The predicted octanol–water partition coefficient (Wildman–Crippen LogP) is 2.12. The molecule has 1 rings (SSSR count). The van der Waals surface area contributed by atoms with Gasteiger partial charge in [-0.05, 0) is 38.5 Å². The van der Waals surface area contributed by atoms with Crippen molar-refractivity contribution in [3.63, 3.8) is 0 Å². The van der Waals surface area contributed by atoms with Gasteiger partial charge in [-0.2, -0.15) is 0 Å². The molecule has 0 saturated heterocycles. The van der Waals surface area contributed by atoms with Crippen LogP contribution in [0.25, 0.3) is 0 Å². The summed E-state index contributed by atoms with van der Waals surface area (Å²) >= 11 is 0. The lowest BCUT2D eigenvalue weighted by molar-refractivity contribution is 0.0636. The van der Waals surface area contributed by atoms with Crippen LogP contribution >= 0.6 is 0 Å². The Morgan fingerprint density at radius 2 is 2.05 bits per heavy atom. The Hall–Kier alpha value is -1.66. The summed E-state index contributed by atoms with van der Waals surface area (Å²) in [6.07, 6.45) is -0.682. The van der Waals surface area contributed by atoms with Crippen LogP contribution in [0.5, 0.6) is 0 Å². The zero-order chi connectivity index (χ0) is 14.6. The zero-order valence-corrected chi connectivity index (χ0v) is 11.3. The van der Waals surface area contributed by atoms with Crippen molar-refractivity contribution >= 4 is 11.8 Å². The van der Waals surface area contributed by atoms with Gasteiger partial charge in [0.05, 0.1) is 12.3 Å². The van der Waals surface area contributed by atoms with E-state index in [1.807, 2.05) is 0 Å². The van der Waals surface area contributed by atoms with Gasteiger partial charge in [0.15, 0.2) is 0 Å². The maximum Gasteiger partial charge on any atom is 0.412 e. The van der Waals surface area contributed by atoms with Crippen LogP contribution in [0.2, 0.25) is 0 Å². The van der Waals surface area contributed by atoms with Crippen molar-refractivity contribution < 1.29 is 19.0 Å². The Bertz CT molecular complexity index is 470. The average Bonchev–Trinajstić information content (AvgIpc) is 2.26. The molecule has 1 aromatic rings. The smallest absolute Gasteiger partial charge is 0.412 e. The van der Waals surface area contributed by atoms with Gasteiger partial charge in [-0.3, -0.25) is 5.32 Å². The number of nitrogens with two attached hydrogens (primary N) is 1. The third-order valence-corrected chi connectivity index (χ3v) is 2.30. The van der Waals surface area contributed by atoms with Crippen LogP contribution in [0.4, 0.5) is 14.9 Å². The summed E-state index contributed by atoms with van der Waals surface area (Å²) in [7, 11) is 0. The first-order valence-corrected chi connectivity index (χ1v) is 5.89. The minimum atomic E-state index is -0.682. The Labute approximate surface area is 111 Å². The molecule has 4 N–H and O–H groups in total. The Kier molecular flexibility index (Phi) is 4.85. The third-order valence-electron chi connectivity index (χ3n) is 2.30. The number of hydrogen-bond acceptors (Lipinski definition) is 4. The van der Waals surface area contributed by atoms with E-state index < -0.39 is 24.1 Å². The van der Waals surface area contributed by atoms with Crippen LogP contribution in [-0.4, -0.2) is 16.8 Å². The van der Waals surface area contributed by atoms with E-state index >= 15 is 0 Å². The molecule has 0 aliphatic heterocycles. The molecule has 0 heterocycles.